The molecule has 0 aliphatic carbocycles. The Labute approximate surface area is 87.3 Å². The molecule has 5 nitrogen and oxygen atoms in total. The van der Waals surface area contributed by atoms with Crippen LogP contribution in [-0.4, -0.2) is 22.6 Å². The summed E-state index contributed by atoms with van der Waals surface area (Å²) in [6.07, 6.45) is 1.97. The first kappa shape index (κ1) is 10.0. The Balaban J connectivity index is 2.50. The van der Waals surface area contributed by atoms with Crippen molar-refractivity contribution in [2.24, 2.45) is 0 Å². The smallest absolute Gasteiger partial charge is 0.329 e. The molecule has 0 saturated carbocycles. The number of H-pyrrole nitrogens is 1. The van der Waals surface area contributed by atoms with Gasteiger partial charge in [-0.2, -0.15) is 0 Å². The Hall–Kier alpha value is -1.52. The van der Waals surface area contributed by atoms with Gasteiger partial charge in [-0.3, -0.25) is 14.3 Å². The van der Waals surface area contributed by atoms with E-state index in [4.69, 9.17) is 0 Å². The summed E-state index contributed by atoms with van der Waals surface area (Å²) in [4.78, 5) is 27.1. The van der Waals surface area contributed by atoms with Gasteiger partial charge in [0, 0.05) is 25.7 Å². The molecule has 0 saturated heterocycles. The van der Waals surface area contributed by atoms with Crippen molar-refractivity contribution in [3.8, 4) is 0 Å². The van der Waals surface area contributed by atoms with Crippen molar-refractivity contribution in [3.05, 3.63) is 26.9 Å². The fourth-order valence-electron chi connectivity index (χ4n) is 2.02. The van der Waals surface area contributed by atoms with Crippen LogP contribution < -0.4 is 16.1 Å². The predicted molar refractivity (Wildman–Crippen MR) is 58.4 cm³/mol. The standard InChI is InChI=1S/C10H15N3O2/c1-2-4-12-5-3-6-13-9(12)7-8(14)11-10(13)15/h7H,2-6H2,1H3,(H,11,14,15). The minimum absolute atomic E-state index is 0.293. The van der Waals surface area contributed by atoms with E-state index in [1.54, 1.807) is 4.57 Å². The van der Waals surface area contributed by atoms with E-state index in [0.29, 0.717) is 6.54 Å². The molecule has 0 amide bonds. The van der Waals surface area contributed by atoms with Crippen LogP contribution in [0.4, 0.5) is 5.82 Å². The molecule has 0 aromatic carbocycles. The average Bonchev–Trinajstić information content (AvgIpc) is 2.19. The maximum atomic E-state index is 11.5. The topological polar surface area (TPSA) is 58.1 Å². The molecule has 15 heavy (non-hydrogen) atoms. The third-order valence-corrected chi connectivity index (χ3v) is 2.64. The molecule has 5 heteroatoms. The van der Waals surface area contributed by atoms with Crippen molar-refractivity contribution in [3.63, 3.8) is 0 Å². The molecule has 82 valence electrons. The number of nitrogens with one attached hydrogen (secondary N) is 1. The minimum Gasteiger partial charge on any atom is -0.358 e. The zero-order valence-corrected chi connectivity index (χ0v) is 8.82. The first-order chi connectivity index (χ1) is 7.22. The van der Waals surface area contributed by atoms with Gasteiger partial charge in [-0.15, -0.1) is 0 Å². The van der Waals surface area contributed by atoms with Crippen LogP contribution in [0.1, 0.15) is 19.8 Å². The third-order valence-electron chi connectivity index (χ3n) is 2.64. The van der Waals surface area contributed by atoms with E-state index >= 15 is 0 Å². The molecule has 1 aliphatic rings. The van der Waals surface area contributed by atoms with Crippen LogP contribution in [0.5, 0.6) is 0 Å². The monoisotopic (exact) mass is 209 g/mol. The molecule has 1 N–H and O–H groups in total. The van der Waals surface area contributed by atoms with Crippen LogP contribution in [0.25, 0.3) is 0 Å². The van der Waals surface area contributed by atoms with Gasteiger partial charge in [-0.25, -0.2) is 4.79 Å². The Morgan fingerprint density at radius 3 is 2.93 bits per heavy atom. The predicted octanol–water partition coefficient (Wildman–Crippen LogP) is 0.157. The third kappa shape index (κ3) is 1.82. The first-order valence-corrected chi connectivity index (χ1v) is 5.31. The van der Waals surface area contributed by atoms with Gasteiger partial charge in [0.25, 0.3) is 5.56 Å². The second-order valence-electron chi connectivity index (χ2n) is 3.79. The number of hydrogen-bond donors (Lipinski definition) is 1. The largest absolute Gasteiger partial charge is 0.358 e. The molecular weight excluding hydrogens is 194 g/mol. The van der Waals surface area contributed by atoms with Gasteiger partial charge in [-0.05, 0) is 12.8 Å². The van der Waals surface area contributed by atoms with Crippen molar-refractivity contribution < 1.29 is 0 Å². The zero-order chi connectivity index (χ0) is 10.8. The number of anilines is 1. The van der Waals surface area contributed by atoms with Gasteiger partial charge in [0.15, 0.2) is 0 Å². The van der Waals surface area contributed by atoms with E-state index in [2.05, 4.69) is 16.8 Å². The van der Waals surface area contributed by atoms with E-state index in [9.17, 15) is 9.59 Å². The molecule has 0 bridgehead atoms. The highest BCUT2D eigenvalue weighted by atomic mass is 16.2. The quantitative estimate of drug-likeness (QED) is 0.754. The first-order valence-electron chi connectivity index (χ1n) is 5.31. The molecule has 1 aliphatic heterocycles. The van der Waals surface area contributed by atoms with Crippen molar-refractivity contribution in [1.82, 2.24) is 9.55 Å². The summed E-state index contributed by atoms with van der Waals surface area (Å²) in [5.41, 5.74) is -0.604. The van der Waals surface area contributed by atoms with Crippen LogP contribution >= 0.6 is 0 Å². The summed E-state index contributed by atoms with van der Waals surface area (Å²) >= 11 is 0. The van der Waals surface area contributed by atoms with Crippen molar-refractivity contribution in [2.45, 2.75) is 26.3 Å². The van der Waals surface area contributed by atoms with Crippen molar-refractivity contribution in [1.29, 1.82) is 0 Å². The Morgan fingerprint density at radius 1 is 1.40 bits per heavy atom. The molecule has 1 aromatic heterocycles. The molecule has 0 radical (unpaired) electrons. The summed E-state index contributed by atoms with van der Waals surface area (Å²) in [7, 11) is 0. The highest BCUT2D eigenvalue weighted by molar-refractivity contribution is 5.39. The molecule has 0 spiro atoms. The van der Waals surface area contributed by atoms with Crippen molar-refractivity contribution >= 4 is 5.82 Å². The van der Waals surface area contributed by atoms with E-state index in [1.165, 1.54) is 6.07 Å². The number of hydrogen-bond acceptors (Lipinski definition) is 3. The summed E-state index contributed by atoms with van der Waals surface area (Å²) in [5, 5.41) is 0. The van der Waals surface area contributed by atoms with Crippen LogP contribution in [-0.2, 0) is 6.54 Å². The van der Waals surface area contributed by atoms with Gasteiger partial charge in [0.2, 0.25) is 0 Å². The normalized spacial score (nSPS) is 15.1. The van der Waals surface area contributed by atoms with Gasteiger partial charge in [0.05, 0.1) is 0 Å². The van der Waals surface area contributed by atoms with Crippen molar-refractivity contribution in [2.75, 3.05) is 18.0 Å². The zero-order valence-electron chi connectivity index (χ0n) is 8.82. The summed E-state index contributed by atoms with van der Waals surface area (Å²) in [6, 6.07) is 1.51. The second-order valence-corrected chi connectivity index (χ2v) is 3.79. The van der Waals surface area contributed by atoms with E-state index in [-0.39, 0.29) is 11.2 Å². The van der Waals surface area contributed by atoms with Gasteiger partial charge in [0.1, 0.15) is 5.82 Å². The van der Waals surface area contributed by atoms with Crippen LogP contribution in [0, 0.1) is 0 Å². The maximum absolute atomic E-state index is 11.5. The second kappa shape index (κ2) is 3.92. The highest BCUT2D eigenvalue weighted by Crippen LogP contribution is 2.16. The Bertz CT molecular complexity index is 460. The lowest BCUT2D eigenvalue weighted by atomic mass is 10.2. The summed E-state index contributed by atoms with van der Waals surface area (Å²) in [6.45, 7) is 4.61. The van der Waals surface area contributed by atoms with Crippen LogP contribution in [0.15, 0.2) is 15.7 Å². The number of aromatic nitrogens is 2. The summed E-state index contributed by atoms with van der Waals surface area (Å²) < 4.78 is 1.64. The molecular formula is C10H15N3O2. The lowest BCUT2D eigenvalue weighted by Gasteiger charge is -2.31. The Morgan fingerprint density at radius 2 is 2.20 bits per heavy atom. The number of nitrogens with zero attached hydrogens (tertiary/aromatic N) is 2. The number of aromatic amines is 1. The maximum Gasteiger partial charge on any atom is 0.329 e. The van der Waals surface area contributed by atoms with Crippen LogP contribution in [0.2, 0.25) is 0 Å². The Kier molecular flexibility index (Phi) is 2.62. The summed E-state index contributed by atoms with van der Waals surface area (Å²) in [5.74, 6) is 0.761. The molecule has 0 fully saturated rings. The van der Waals surface area contributed by atoms with E-state index in [0.717, 1.165) is 31.7 Å². The number of fused-ring (bicyclic) bond motifs is 1. The molecule has 0 atom stereocenters. The lowest BCUT2D eigenvalue weighted by Crippen LogP contribution is -2.41. The van der Waals surface area contributed by atoms with Gasteiger partial charge in [-0.1, -0.05) is 6.92 Å². The number of rotatable bonds is 2. The fraction of sp³-hybridized carbons (Fsp3) is 0.600. The molecule has 0 unspecified atom stereocenters. The van der Waals surface area contributed by atoms with Gasteiger partial charge < -0.3 is 4.90 Å². The highest BCUT2D eigenvalue weighted by Gasteiger charge is 2.17. The molecule has 2 heterocycles. The fourth-order valence-corrected chi connectivity index (χ4v) is 2.02. The van der Waals surface area contributed by atoms with Crippen LogP contribution in [0.3, 0.4) is 0 Å². The van der Waals surface area contributed by atoms with E-state index in [1.807, 2.05) is 0 Å². The average molecular weight is 209 g/mol. The van der Waals surface area contributed by atoms with Gasteiger partial charge >= 0.3 is 5.69 Å². The molecule has 2 rings (SSSR count). The minimum atomic E-state index is -0.311. The van der Waals surface area contributed by atoms with E-state index < -0.39 is 0 Å². The lowest BCUT2D eigenvalue weighted by molar-refractivity contribution is 0.531. The molecule has 1 aromatic rings. The SMILES string of the molecule is CCCN1CCCn2c1cc(=O)[nH]c2=O.